The lowest BCUT2D eigenvalue weighted by atomic mass is 10.1. The van der Waals surface area contributed by atoms with Crippen LogP contribution in [0.4, 0.5) is 5.82 Å². The summed E-state index contributed by atoms with van der Waals surface area (Å²) in [6.07, 6.45) is 7.22. The van der Waals surface area contributed by atoms with Crippen LogP contribution in [-0.2, 0) is 14.5 Å². The molecule has 12 heteroatoms. The molecule has 11 nitrogen and oxygen atoms in total. The average molecular weight is 430 g/mol. The minimum absolute atomic E-state index is 0.115. The third-order valence-corrected chi connectivity index (χ3v) is 5.59. The fraction of sp³-hybridized carbons (Fsp3) is 0.222. The van der Waals surface area contributed by atoms with Crippen LogP contribution < -0.4 is 10.5 Å². The molecule has 4 N–H and O–H groups in total. The molecule has 0 saturated carbocycles. The fourth-order valence-electron chi connectivity index (χ4n) is 3.27. The molecule has 3 aromatic rings. The first-order valence-corrected chi connectivity index (χ1v) is 10.4. The molecule has 2 aromatic heterocycles. The number of aromatic hydroxyl groups is 1. The molecule has 4 rings (SSSR count). The Balaban J connectivity index is 1.37. The van der Waals surface area contributed by atoms with Gasteiger partial charge in [-0.1, -0.05) is 24.3 Å². The van der Waals surface area contributed by atoms with Gasteiger partial charge in [-0.15, -0.1) is 0 Å². The van der Waals surface area contributed by atoms with E-state index in [0.29, 0.717) is 23.4 Å². The summed E-state index contributed by atoms with van der Waals surface area (Å²) in [5, 5.41) is 9.66. The van der Waals surface area contributed by atoms with Gasteiger partial charge in [-0.3, -0.25) is 8.98 Å². The van der Waals surface area contributed by atoms with E-state index in [1.807, 2.05) is 16.7 Å². The van der Waals surface area contributed by atoms with E-state index >= 15 is 0 Å². The van der Waals surface area contributed by atoms with Crippen LogP contribution in [0.2, 0.25) is 0 Å². The number of benzene rings is 1. The molecule has 1 aromatic carbocycles. The molecule has 1 aliphatic carbocycles. The number of rotatable bonds is 6. The summed E-state index contributed by atoms with van der Waals surface area (Å²) in [5.41, 5.74) is 6.84. The Morgan fingerprint density at radius 1 is 1.27 bits per heavy atom. The van der Waals surface area contributed by atoms with Gasteiger partial charge in [0.2, 0.25) is 0 Å². The van der Waals surface area contributed by atoms with Gasteiger partial charge in [-0.2, -0.15) is 8.42 Å². The Kier molecular flexibility index (Phi) is 5.10. The first-order valence-electron chi connectivity index (χ1n) is 8.95. The number of hydrogen-bond acceptors (Lipinski definition) is 9. The molecule has 1 amide bonds. The predicted molar refractivity (Wildman–Crippen MR) is 106 cm³/mol. The number of carbonyl (C=O) groups is 1. The Morgan fingerprint density at radius 3 is 2.87 bits per heavy atom. The molecule has 0 aliphatic heterocycles. The molecule has 0 spiro atoms. The number of fused-ring (bicyclic) bond motifs is 1. The van der Waals surface area contributed by atoms with Gasteiger partial charge in [0.25, 0.3) is 5.91 Å². The van der Waals surface area contributed by atoms with Crippen molar-refractivity contribution >= 4 is 33.2 Å². The minimum Gasteiger partial charge on any atom is -0.507 e. The topological polar surface area (TPSA) is 162 Å². The van der Waals surface area contributed by atoms with Crippen LogP contribution in [0.25, 0.3) is 11.2 Å². The Morgan fingerprint density at radius 2 is 2.07 bits per heavy atom. The molecule has 1 aliphatic rings. The first kappa shape index (κ1) is 19.8. The van der Waals surface area contributed by atoms with Crippen molar-refractivity contribution in [3.63, 3.8) is 0 Å². The van der Waals surface area contributed by atoms with Crippen molar-refractivity contribution < 1.29 is 22.5 Å². The van der Waals surface area contributed by atoms with Gasteiger partial charge in [-0.05, 0) is 18.6 Å². The van der Waals surface area contributed by atoms with Crippen molar-refractivity contribution in [1.29, 1.82) is 0 Å². The summed E-state index contributed by atoms with van der Waals surface area (Å²) in [4.78, 5) is 24.3. The number of allylic oxidation sites excluding steroid dienone is 1. The number of aromatic nitrogens is 4. The van der Waals surface area contributed by atoms with Crippen LogP contribution in [-0.4, -0.2) is 45.6 Å². The number of amides is 1. The van der Waals surface area contributed by atoms with Gasteiger partial charge in [-0.25, -0.2) is 19.7 Å². The smallest absolute Gasteiger partial charge is 0.362 e. The van der Waals surface area contributed by atoms with E-state index in [0.717, 1.165) is 0 Å². The van der Waals surface area contributed by atoms with Crippen molar-refractivity contribution in [2.24, 2.45) is 5.92 Å². The van der Waals surface area contributed by atoms with Crippen molar-refractivity contribution in [3.05, 3.63) is 54.6 Å². The normalized spacial score (nSPS) is 18.7. The molecule has 30 heavy (non-hydrogen) atoms. The van der Waals surface area contributed by atoms with E-state index in [2.05, 4.69) is 15.0 Å². The van der Waals surface area contributed by atoms with Gasteiger partial charge in [0.05, 0.1) is 24.5 Å². The lowest BCUT2D eigenvalue weighted by Crippen LogP contribution is -2.33. The first-order chi connectivity index (χ1) is 14.3. The van der Waals surface area contributed by atoms with Gasteiger partial charge < -0.3 is 15.4 Å². The van der Waals surface area contributed by atoms with Gasteiger partial charge in [0.15, 0.2) is 11.5 Å². The Labute approximate surface area is 171 Å². The highest BCUT2D eigenvalue weighted by Gasteiger charge is 2.26. The van der Waals surface area contributed by atoms with E-state index < -0.39 is 16.2 Å². The van der Waals surface area contributed by atoms with E-state index in [1.165, 1.54) is 30.6 Å². The lowest BCUT2D eigenvalue weighted by Gasteiger charge is -2.15. The van der Waals surface area contributed by atoms with Crippen LogP contribution in [0, 0.1) is 5.92 Å². The van der Waals surface area contributed by atoms with Crippen LogP contribution in [0.5, 0.6) is 5.75 Å². The average Bonchev–Trinajstić information content (AvgIpc) is 3.34. The molecule has 0 fully saturated rings. The number of phenolic OH excluding ortho intramolecular Hbond substituents is 1. The number of nitrogens with zero attached hydrogens (tertiary/aromatic N) is 4. The lowest BCUT2D eigenvalue weighted by molar-refractivity contribution is 0.0973. The Hall–Kier alpha value is -3.51. The summed E-state index contributed by atoms with van der Waals surface area (Å²) in [7, 11) is -4.35. The number of para-hydroxylation sites is 1. The summed E-state index contributed by atoms with van der Waals surface area (Å²) < 4.78 is 32.8. The standard InChI is InChI=1S/C18H18N6O5S/c19-16-15-17(21-9-20-16)22-10-24(15)12-6-5-11(7-12)8-29-30(27,28)23-18(26)13-3-1-2-4-14(13)25/h1-6,9-12,25H,7-8H2,(H,23,26)(H2,19,20,21)/t11-,12+/m1/s1. The van der Waals surface area contributed by atoms with Crippen LogP contribution in [0.15, 0.2) is 49.1 Å². The van der Waals surface area contributed by atoms with Crippen molar-refractivity contribution in [2.75, 3.05) is 12.3 Å². The summed E-state index contributed by atoms with van der Waals surface area (Å²) in [6, 6.07) is 5.49. The highest BCUT2D eigenvalue weighted by atomic mass is 32.2. The molecule has 0 unspecified atom stereocenters. The van der Waals surface area contributed by atoms with Gasteiger partial charge >= 0.3 is 10.3 Å². The van der Waals surface area contributed by atoms with Gasteiger partial charge in [0, 0.05) is 5.92 Å². The molecule has 2 heterocycles. The molecule has 0 bridgehead atoms. The minimum atomic E-state index is -4.35. The molecule has 0 radical (unpaired) electrons. The van der Waals surface area contributed by atoms with E-state index in [-0.39, 0.29) is 29.9 Å². The maximum absolute atomic E-state index is 12.1. The zero-order chi connectivity index (χ0) is 21.3. The monoisotopic (exact) mass is 430 g/mol. The van der Waals surface area contributed by atoms with Crippen LogP contribution in [0.1, 0.15) is 22.8 Å². The number of phenols is 1. The molecule has 0 saturated heterocycles. The highest BCUT2D eigenvalue weighted by molar-refractivity contribution is 7.85. The zero-order valence-corrected chi connectivity index (χ0v) is 16.4. The zero-order valence-electron chi connectivity index (χ0n) is 15.5. The highest BCUT2D eigenvalue weighted by Crippen LogP contribution is 2.31. The SMILES string of the molecule is Nc1ncnc2ncn([C@H]3C=C[C@@H](COS(=O)(=O)NC(=O)c4ccccc4O)C3)c12. The number of nitrogen functional groups attached to an aromatic ring is 1. The van der Waals surface area contributed by atoms with Crippen molar-refractivity contribution in [1.82, 2.24) is 24.2 Å². The second kappa shape index (κ2) is 7.72. The van der Waals surface area contributed by atoms with E-state index in [4.69, 9.17) is 9.92 Å². The molecular weight excluding hydrogens is 412 g/mol. The maximum Gasteiger partial charge on any atom is 0.362 e. The van der Waals surface area contributed by atoms with Crippen LogP contribution >= 0.6 is 0 Å². The van der Waals surface area contributed by atoms with E-state index in [9.17, 15) is 18.3 Å². The van der Waals surface area contributed by atoms with Crippen molar-refractivity contribution in [2.45, 2.75) is 12.5 Å². The Bertz CT molecular complexity index is 1240. The maximum atomic E-state index is 12.1. The summed E-state index contributed by atoms with van der Waals surface area (Å²) in [6.45, 7) is -0.158. The number of anilines is 1. The number of carbonyl (C=O) groups excluding carboxylic acids is 1. The number of nitrogens with two attached hydrogens (primary N) is 1. The number of nitrogens with one attached hydrogen (secondary N) is 1. The largest absolute Gasteiger partial charge is 0.507 e. The third-order valence-electron chi connectivity index (χ3n) is 4.70. The molecule has 2 atom stereocenters. The second-order valence-corrected chi connectivity index (χ2v) is 8.07. The quantitative estimate of drug-likeness (QED) is 0.483. The van der Waals surface area contributed by atoms with E-state index in [1.54, 1.807) is 11.0 Å². The third kappa shape index (κ3) is 3.95. The molecular formula is C18H18N6O5S. The van der Waals surface area contributed by atoms with Crippen LogP contribution in [0.3, 0.4) is 0 Å². The number of imidazole rings is 1. The second-order valence-electron chi connectivity index (χ2n) is 6.72. The van der Waals surface area contributed by atoms with Crippen molar-refractivity contribution in [3.8, 4) is 5.75 Å². The van der Waals surface area contributed by atoms with Gasteiger partial charge in [0.1, 0.15) is 17.6 Å². The predicted octanol–water partition coefficient (Wildman–Crippen LogP) is 0.923. The summed E-state index contributed by atoms with van der Waals surface area (Å²) in [5.74, 6) is -1.22. The number of hydrogen-bond donors (Lipinski definition) is 3. The fourth-order valence-corrected chi connectivity index (χ4v) is 4.02. The summed E-state index contributed by atoms with van der Waals surface area (Å²) >= 11 is 0. The molecule has 156 valence electrons.